The number of ether oxygens (including phenoxy) is 1. The Balaban J connectivity index is 1.38. The largest absolute Gasteiger partial charge is 0.348 e. The zero-order chi connectivity index (χ0) is 24.7. The van der Waals surface area contributed by atoms with Crippen LogP contribution < -0.4 is 10.7 Å². The molecule has 0 unspecified atom stereocenters. The first-order chi connectivity index (χ1) is 16.7. The van der Waals surface area contributed by atoms with Gasteiger partial charge >= 0.3 is 0 Å². The van der Waals surface area contributed by atoms with Gasteiger partial charge in [0, 0.05) is 30.4 Å². The molecule has 2 amide bonds. The third-order valence-electron chi connectivity index (χ3n) is 6.20. The molecule has 0 saturated carbocycles. The van der Waals surface area contributed by atoms with Crippen molar-refractivity contribution in [1.82, 2.24) is 14.8 Å². The first-order valence-corrected chi connectivity index (χ1v) is 11.0. The van der Waals surface area contributed by atoms with Crippen LogP contribution in [-0.4, -0.2) is 44.9 Å². The van der Waals surface area contributed by atoms with E-state index >= 15 is 0 Å². The van der Waals surface area contributed by atoms with E-state index in [1.54, 1.807) is 0 Å². The van der Waals surface area contributed by atoms with Crippen molar-refractivity contribution in [3.05, 3.63) is 105 Å². The molecule has 0 radical (unpaired) electrons. The Kier molecular flexibility index (Phi) is 5.70. The molecule has 10 heteroatoms. The highest BCUT2D eigenvalue weighted by atomic mass is 19.1. The van der Waals surface area contributed by atoms with E-state index in [0.717, 1.165) is 17.7 Å². The minimum absolute atomic E-state index is 0.0179. The Morgan fingerprint density at radius 2 is 1.91 bits per heavy atom. The highest BCUT2D eigenvalue weighted by molar-refractivity contribution is 5.97. The third-order valence-corrected chi connectivity index (χ3v) is 6.20. The van der Waals surface area contributed by atoms with Gasteiger partial charge in [-0.15, -0.1) is 0 Å². The van der Waals surface area contributed by atoms with Crippen molar-refractivity contribution in [2.45, 2.75) is 31.5 Å². The van der Waals surface area contributed by atoms with Crippen LogP contribution in [0.1, 0.15) is 32.0 Å². The highest BCUT2D eigenvalue weighted by Crippen LogP contribution is 2.34. The monoisotopic (exact) mass is 481 g/mol. The molecule has 0 bridgehead atoms. The number of halogens is 2. The summed E-state index contributed by atoms with van der Waals surface area (Å²) in [5.41, 5.74) is 0.0311. The van der Waals surface area contributed by atoms with Crippen LogP contribution in [0.3, 0.4) is 0 Å². The SMILES string of the molecule is O=C(NCc1ccc(F)cc1F)c1cn2c(cc1=O)C(=O)N1[C@@H](Cc3ccccc3)CO[C@]1(O)C2. The van der Waals surface area contributed by atoms with Gasteiger partial charge in [0.2, 0.25) is 0 Å². The van der Waals surface area contributed by atoms with Gasteiger partial charge in [-0.1, -0.05) is 36.4 Å². The van der Waals surface area contributed by atoms with Gasteiger partial charge in [-0.2, -0.15) is 0 Å². The molecule has 2 N–H and O–H groups in total. The van der Waals surface area contributed by atoms with Gasteiger partial charge in [-0.25, -0.2) is 8.78 Å². The Hall–Kier alpha value is -3.89. The molecule has 180 valence electrons. The molecule has 2 atom stereocenters. The molecule has 1 saturated heterocycles. The van der Waals surface area contributed by atoms with Crippen LogP contribution in [0.5, 0.6) is 0 Å². The topological polar surface area (TPSA) is 101 Å². The molecule has 35 heavy (non-hydrogen) atoms. The summed E-state index contributed by atoms with van der Waals surface area (Å²) >= 11 is 0. The molecule has 2 aliphatic rings. The Labute approximate surface area is 198 Å². The molecule has 5 rings (SSSR count). The summed E-state index contributed by atoms with van der Waals surface area (Å²) in [7, 11) is 0. The minimum Gasteiger partial charge on any atom is -0.348 e. The van der Waals surface area contributed by atoms with Crippen LogP contribution in [0.2, 0.25) is 0 Å². The van der Waals surface area contributed by atoms with Gasteiger partial charge in [0.15, 0.2) is 5.43 Å². The fourth-order valence-electron chi connectivity index (χ4n) is 4.48. The summed E-state index contributed by atoms with van der Waals surface area (Å²) in [6.07, 6.45) is 1.63. The number of carbonyl (C=O) groups excluding carboxylic acids is 2. The third kappa shape index (κ3) is 4.22. The summed E-state index contributed by atoms with van der Waals surface area (Å²) in [6, 6.07) is 13.0. The van der Waals surface area contributed by atoms with Crippen molar-refractivity contribution >= 4 is 11.8 Å². The zero-order valence-corrected chi connectivity index (χ0v) is 18.4. The number of amides is 2. The number of nitrogens with zero attached hydrogens (tertiary/aromatic N) is 2. The lowest BCUT2D eigenvalue weighted by atomic mass is 10.0. The Morgan fingerprint density at radius 1 is 1.14 bits per heavy atom. The molecule has 1 aromatic heterocycles. The maximum atomic E-state index is 13.8. The van der Waals surface area contributed by atoms with Crippen LogP contribution in [0.15, 0.2) is 65.6 Å². The lowest BCUT2D eigenvalue weighted by molar-refractivity contribution is -0.244. The molecule has 1 fully saturated rings. The van der Waals surface area contributed by atoms with E-state index in [-0.39, 0.29) is 36.5 Å². The van der Waals surface area contributed by atoms with E-state index in [2.05, 4.69) is 5.32 Å². The minimum atomic E-state index is -1.93. The predicted molar refractivity (Wildman–Crippen MR) is 119 cm³/mol. The number of nitrogens with one attached hydrogen (secondary N) is 1. The van der Waals surface area contributed by atoms with Crippen molar-refractivity contribution in [3.8, 4) is 0 Å². The number of benzene rings is 2. The number of fused-ring (bicyclic) bond motifs is 2. The first-order valence-electron chi connectivity index (χ1n) is 11.0. The van der Waals surface area contributed by atoms with Crippen LogP contribution in [-0.2, 0) is 24.2 Å². The van der Waals surface area contributed by atoms with Gasteiger partial charge in [0.25, 0.3) is 17.7 Å². The van der Waals surface area contributed by atoms with Gasteiger partial charge in [0.1, 0.15) is 22.9 Å². The maximum absolute atomic E-state index is 13.8. The van der Waals surface area contributed by atoms with Crippen molar-refractivity contribution in [3.63, 3.8) is 0 Å². The molecule has 3 heterocycles. The molecule has 2 aliphatic heterocycles. The fourth-order valence-corrected chi connectivity index (χ4v) is 4.48. The average Bonchev–Trinajstić information content (AvgIpc) is 3.15. The molecule has 8 nitrogen and oxygen atoms in total. The van der Waals surface area contributed by atoms with Gasteiger partial charge in [-0.3, -0.25) is 19.3 Å². The molecule has 0 spiro atoms. The lowest BCUT2D eigenvalue weighted by Gasteiger charge is -2.40. The normalized spacial score (nSPS) is 20.9. The lowest BCUT2D eigenvalue weighted by Crippen LogP contribution is -2.58. The van der Waals surface area contributed by atoms with E-state index in [4.69, 9.17) is 4.74 Å². The molecular weight excluding hydrogens is 460 g/mol. The number of pyridine rings is 1. The quantitative estimate of drug-likeness (QED) is 0.579. The summed E-state index contributed by atoms with van der Waals surface area (Å²) in [5.74, 6) is -4.89. The van der Waals surface area contributed by atoms with E-state index < -0.39 is 40.8 Å². The zero-order valence-electron chi connectivity index (χ0n) is 18.4. The summed E-state index contributed by atoms with van der Waals surface area (Å²) in [4.78, 5) is 39.8. The number of carbonyl (C=O) groups is 2. The van der Waals surface area contributed by atoms with Crippen molar-refractivity contribution in [2.24, 2.45) is 0 Å². The number of hydrogen-bond acceptors (Lipinski definition) is 5. The fraction of sp³-hybridized carbons (Fsp3) is 0.240. The standard InChI is InChI=1S/C25H21F2N3O5/c26-17-7-6-16(20(27)9-17)11-28-23(32)19-12-29-14-25(34)30(24(33)21(29)10-22(19)31)18(13-35-25)8-15-4-2-1-3-5-15/h1-7,9-10,12,18,34H,8,11,13-14H2,(H,28,32)/t18-,25+/m0/s1. The smallest absolute Gasteiger partial charge is 0.275 e. The first kappa shape index (κ1) is 22.9. The summed E-state index contributed by atoms with van der Waals surface area (Å²) in [5, 5.41) is 13.5. The predicted octanol–water partition coefficient (Wildman–Crippen LogP) is 1.80. The van der Waals surface area contributed by atoms with E-state index in [1.807, 2.05) is 30.3 Å². The Bertz CT molecular complexity index is 1380. The van der Waals surface area contributed by atoms with Crippen molar-refractivity contribution < 1.29 is 28.2 Å². The second-order valence-electron chi connectivity index (χ2n) is 8.56. The van der Waals surface area contributed by atoms with Crippen LogP contribution in [0.25, 0.3) is 0 Å². The number of rotatable bonds is 5. The summed E-state index contributed by atoms with van der Waals surface area (Å²) in [6.45, 7) is -0.369. The number of hydrogen-bond donors (Lipinski definition) is 2. The number of aromatic nitrogens is 1. The van der Waals surface area contributed by atoms with Crippen LogP contribution >= 0.6 is 0 Å². The molecule has 0 aliphatic carbocycles. The van der Waals surface area contributed by atoms with E-state index in [0.29, 0.717) is 12.5 Å². The maximum Gasteiger partial charge on any atom is 0.275 e. The van der Waals surface area contributed by atoms with Crippen molar-refractivity contribution in [1.29, 1.82) is 0 Å². The van der Waals surface area contributed by atoms with Gasteiger partial charge in [-0.05, 0) is 18.1 Å². The molecule has 2 aromatic carbocycles. The number of aliphatic hydroxyl groups is 1. The summed E-state index contributed by atoms with van der Waals surface area (Å²) < 4.78 is 33.8. The highest BCUT2D eigenvalue weighted by Gasteiger charge is 2.53. The second kappa shape index (κ2) is 8.71. The second-order valence-corrected chi connectivity index (χ2v) is 8.56. The van der Waals surface area contributed by atoms with Crippen LogP contribution in [0.4, 0.5) is 8.78 Å². The average molecular weight is 481 g/mol. The van der Waals surface area contributed by atoms with E-state index in [9.17, 15) is 28.3 Å². The van der Waals surface area contributed by atoms with Gasteiger partial charge < -0.3 is 19.7 Å². The Morgan fingerprint density at radius 3 is 2.66 bits per heavy atom. The molecule has 3 aromatic rings. The molecular formula is C25H21F2N3O5. The van der Waals surface area contributed by atoms with Crippen molar-refractivity contribution in [2.75, 3.05) is 6.61 Å². The van der Waals surface area contributed by atoms with Crippen LogP contribution in [0, 0.1) is 11.6 Å². The van der Waals surface area contributed by atoms with Gasteiger partial charge in [0.05, 0.1) is 19.2 Å². The van der Waals surface area contributed by atoms with E-state index in [1.165, 1.54) is 21.7 Å².